The standard InChI is InChI=1S/C13H18N4S/c1-3-15-12-8-14-9-13(17-12)16-10(2)7-11-5-4-6-18-11/h4-6,8-10H,3,7H2,1-2H3,(H2,15,16,17). The van der Waals surface area contributed by atoms with Crippen molar-refractivity contribution in [3.63, 3.8) is 0 Å². The maximum atomic E-state index is 4.45. The van der Waals surface area contributed by atoms with E-state index in [0.717, 1.165) is 24.6 Å². The monoisotopic (exact) mass is 262 g/mol. The van der Waals surface area contributed by atoms with Crippen molar-refractivity contribution in [2.45, 2.75) is 26.3 Å². The Balaban J connectivity index is 1.93. The lowest BCUT2D eigenvalue weighted by molar-refractivity contribution is 0.793. The van der Waals surface area contributed by atoms with Crippen LogP contribution in [0.5, 0.6) is 0 Å². The van der Waals surface area contributed by atoms with Crippen LogP contribution in [-0.4, -0.2) is 22.6 Å². The summed E-state index contributed by atoms with van der Waals surface area (Å²) in [4.78, 5) is 10.00. The van der Waals surface area contributed by atoms with Gasteiger partial charge in [0.05, 0.1) is 12.4 Å². The Bertz CT molecular complexity index is 470. The van der Waals surface area contributed by atoms with Crippen molar-refractivity contribution >= 4 is 23.0 Å². The van der Waals surface area contributed by atoms with Gasteiger partial charge in [0.2, 0.25) is 0 Å². The molecule has 5 heteroatoms. The third-order valence-corrected chi connectivity index (χ3v) is 3.37. The molecule has 2 heterocycles. The van der Waals surface area contributed by atoms with Gasteiger partial charge in [0.25, 0.3) is 0 Å². The number of nitrogens with one attached hydrogen (secondary N) is 2. The Hall–Kier alpha value is -1.62. The van der Waals surface area contributed by atoms with Gasteiger partial charge in [0.1, 0.15) is 11.6 Å². The van der Waals surface area contributed by atoms with Crippen LogP contribution in [0.3, 0.4) is 0 Å². The molecule has 2 rings (SSSR count). The van der Waals surface area contributed by atoms with Crippen molar-refractivity contribution < 1.29 is 0 Å². The zero-order valence-corrected chi connectivity index (χ0v) is 11.5. The first-order valence-corrected chi connectivity index (χ1v) is 7.00. The summed E-state index contributed by atoms with van der Waals surface area (Å²) in [5.41, 5.74) is 0. The zero-order valence-electron chi connectivity index (χ0n) is 10.7. The summed E-state index contributed by atoms with van der Waals surface area (Å²) in [6.45, 7) is 5.05. The third-order valence-electron chi connectivity index (χ3n) is 2.47. The van der Waals surface area contributed by atoms with E-state index in [2.05, 4.69) is 45.0 Å². The van der Waals surface area contributed by atoms with Crippen LogP contribution in [0, 0.1) is 0 Å². The molecular weight excluding hydrogens is 244 g/mol. The fraction of sp³-hybridized carbons (Fsp3) is 0.385. The normalized spacial score (nSPS) is 12.1. The molecule has 18 heavy (non-hydrogen) atoms. The molecule has 1 unspecified atom stereocenters. The minimum absolute atomic E-state index is 0.342. The average molecular weight is 262 g/mol. The van der Waals surface area contributed by atoms with Gasteiger partial charge in [-0.3, -0.25) is 4.98 Å². The molecule has 0 saturated heterocycles. The van der Waals surface area contributed by atoms with Gasteiger partial charge in [0.15, 0.2) is 0 Å². The van der Waals surface area contributed by atoms with Crippen LogP contribution in [0.25, 0.3) is 0 Å². The molecule has 0 aliphatic rings. The Morgan fingerprint density at radius 1 is 1.33 bits per heavy atom. The number of anilines is 2. The van der Waals surface area contributed by atoms with E-state index < -0.39 is 0 Å². The minimum atomic E-state index is 0.342. The van der Waals surface area contributed by atoms with Crippen molar-refractivity contribution in [1.82, 2.24) is 9.97 Å². The number of aromatic nitrogens is 2. The third kappa shape index (κ3) is 3.70. The van der Waals surface area contributed by atoms with Crippen LogP contribution in [0.1, 0.15) is 18.7 Å². The van der Waals surface area contributed by atoms with Crippen molar-refractivity contribution in [2.24, 2.45) is 0 Å². The van der Waals surface area contributed by atoms with E-state index in [1.54, 1.807) is 23.7 Å². The lowest BCUT2D eigenvalue weighted by Crippen LogP contribution is -2.18. The molecule has 1 atom stereocenters. The number of rotatable bonds is 6. The van der Waals surface area contributed by atoms with Crippen molar-refractivity contribution in [3.05, 3.63) is 34.8 Å². The van der Waals surface area contributed by atoms with Crippen LogP contribution >= 0.6 is 11.3 Å². The topological polar surface area (TPSA) is 49.8 Å². The second-order valence-corrected chi connectivity index (χ2v) is 5.18. The fourth-order valence-electron chi connectivity index (χ4n) is 1.74. The summed E-state index contributed by atoms with van der Waals surface area (Å²) in [6, 6.07) is 4.58. The van der Waals surface area contributed by atoms with Crippen molar-refractivity contribution in [1.29, 1.82) is 0 Å². The molecule has 0 amide bonds. The predicted molar refractivity (Wildman–Crippen MR) is 77.3 cm³/mol. The number of nitrogens with zero attached hydrogens (tertiary/aromatic N) is 2. The van der Waals surface area contributed by atoms with Crippen LogP contribution in [0.2, 0.25) is 0 Å². The molecule has 0 bridgehead atoms. The highest BCUT2D eigenvalue weighted by molar-refractivity contribution is 7.09. The molecule has 0 spiro atoms. The molecule has 0 aromatic carbocycles. The average Bonchev–Trinajstić information content (AvgIpc) is 2.82. The van der Waals surface area contributed by atoms with E-state index in [0.29, 0.717) is 6.04 Å². The van der Waals surface area contributed by atoms with E-state index in [1.807, 2.05) is 6.92 Å². The van der Waals surface area contributed by atoms with Crippen LogP contribution in [0.4, 0.5) is 11.6 Å². The van der Waals surface area contributed by atoms with Gasteiger partial charge >= 0.3 is 0 Å². The molecule has 96 valence electrons. The highest BCUT2D eigenvalue weighted by atomic mass is 32.1. The fourth-order valence-corrected chi connectivity index (χ4v) is 2.57. The lowest BCUT2D eigenvalue weighted by atomic mass is 10.2. The largest absolute Gasteiger partial charge is 0.369 e. The Kier molecular flexibility index (Phi) is 4.52. The van der Waals surface area contributed by atoms with Crippen LogP contribution < -0.4 is 10.6 Å². The van der Waals surface area contributed by atoms with Crippen molar-refractivity contribution in [3.8, 4) is 0 Å². The molecule has 0 saturated carbocycles. The first kappa shape index (κ1) is 12.8. The zero-order chi connectivity index (χ0) is 12.8. The maximum absolute atomic E-state index is 4.45. The molecule has 2 N–H and O–H groups in total. The van der Waals surface area contributed by atoms with Gasteiger partial charge in [0, 0.05) is 23.9 Å². The van der Waals surface area contributed by atoms with Gasteiger partial charge in [-0.2, -0.15) is 0 Å². The van der Waals surface area contributed by atoms with Gasteiger partial charge in [-0.05, 0) is 25.3 Å². The highest BCUT2D eigenvalue weighted by Crippen LogP contribution is 2.14. The van der Waals surface area contributed by atoms with Gasteiger partial charge in [-0.15, -0.1) is 11.3 Å². The molecule has 0 radical (unpaired) electrons. The van der Waals surface area contributed by atoms with Crippen LogP contribution in [-0.2, 0) is 6.42 Å². The smallest absolute Gasteiger partial charge is 0.147 e. The Morgan fingerprint density at radius 3 is 2.89 bits per heavy atom. The molecule has 0 fully saturated rings. The molecule has 0 aliphatic carbocycles. The summed E-state index contributed by atoms with van der Waals surface area (Å²) in [5.74, 6) is 1.63. The van der Waals surface area contributed by atoms with E-state index in [-0.39, 0.29) is 0 Å². The van der Waals surface area contributed by atoms with Crippen LogP contribution in [0.15, 0.2) is 29.9 Å². The van der Waals surface area contributed by atoms with E-state index in [9.17, 15) is 0 Å². The Morgan fingerprint density at radius 2 is 2.17 bits per heavy atom. The molecule has 2 aromatic heterocycles. The number of hydrogen-bond acceptors (Lipinski definition) is 5. The second-order valence-electron chi connectivity index (χ2n) is 4.15. The van der Waals surface area contributed by atoms with E-state index in [1.165, 1.54) is 4.88 Å². The molecular formula is C13H18N4S. The predicted octanol–water partition coefficient (Wildman–Crippen LogP) is 3.01. The first-order valence-electron chi connectivity index (χ1n) is 6.12. The summed E-state index contributed by atoms with van der Waals surface area (Å²) < 4.78 is 0. The summed E-state index contributed by atoms with van der Waals surface area (Å²) in [7, 11) is 0. The van der Waals surface area contributed by atoms with Crippen molar-refractivity contribution in [2.75, 3.05) is 17.2 Å². The molecule has 2 aromatic rings. The number of hydrogen-bond donors (Lipinski definition) is 2. The summed E-state index contributed by atoms with van der Waals surface area (Å²) >= 11 is 1.78. The maximum Gasteiger partial charge on any atom is 0.147 e. The van der Waals surface area contributed by atoms with Gasteiger partial charge in [-0.25, -0.2) is 4.98 Å². The van der Waals surface area contributed by atoms with E-state index >= 15 is 0 Å². The second kappa shape index (κ2) is 6.35. The summed E-state index contributed by atoms with van der Waals surface area (Å²) in [5, 5.41) is 8.63. The Labute approximate surface area is 111 Å². The van der Waals surface area contributed by atoms with Gasteiger partial charge < -0.3 is 10.6 Å². The minimum Gasteiger partial charge on any atom is -0.369 e. The first-order chi connectivity index (χ1) is 8.78. The summed E-state index contributed by atoms with van der Waals surface area (Å²) in [6.07, 6.45) is 4.50. The highest BCUT2D eigenvalue weighted by Gasteiger charge is 2.06. The molecule has 4 nitrogen and oxygen atoms in total. The lowest BCUT2D eigenvalue weighted by Gasteiger charge is -2.14. The molecule has 0 aliphatic heterocycles. The van der Waals surface area contributed by atoms with E-state index in [4.69, 9.17) is 0 Å². The van der Waals surface area contributed by atoms with Gasteiger partial charge in [-0.1, -0.05) is 6.07 Å². The number of thiophene rings is 1. The SMILES string of the molecule is CCNc1cncc(NC(C)Cc2cccs2)n1. The quantitative estimate of drug-likeness (QED) is 0.840.